The zero-order valence-corrected chi connectivity index (χ0v) is 12.8. The van der Waals surface area contributed by atoms with Gasteiger partial charge in [-0.2, -0.15) is 11.3 Å². The Hall–Kier alpha value is -2.41. The van der Waals surface area contributed by atoms with Crippen molar-refractivity contribution < 1.29 is 14.5 Å². The molecule has 0 saturated carbocycles. The highest BCUT2D eigenvalue weighted by atomic mass is 32.1. The van der Waals surface area contributed by atoms with Gasteiger partial charge in [0.05, 0.1) is 4.92 Å². The van der Waals surface area contributed by atoms with E-state index in [0.717, 1.165) is 12.8 Å². The Morgan fingerprint density at radius 2 is 2.09 bits per heavy atom. The Morgan fingerprint density at radius 3 is 2.64 bits per heavy atom. The number of carbonyl (C=O) groups is 1. The number of non-ortho nitro benzene ring substituents is 1. The highest BCUT2D eigenvalue weighted by molar-refractivity contribution is 7.07. The van der Waals surface area contributed by atoms with Gasteiger partial charge in [-0.05, 0) is 47.4 Å². The van der Waals surface area contributed by atoms with Gasteiger partial charge in [0.2, 0.25) is 0 Å². The molecule has 2 rings (SSSR count). The average molecular weight is 320 g/mol. The topological polar surface area (TPSA) is 81.5 Å². The number of carbonyl (C=O) groups excluding carboxylic acids is 1. The van der Waals surface area contributed by atoms with E-state index in [2.05, 4.69) is 5.32 Å². The van der Waals surface area contributed by atoms with Crippen molar-refractivity contribution in [1.29, 1.82) is 0 Å². The van der Waals surface area contributed by atoms with Gasteiger partial charge in [-0.15, -0.1) is 0 Å². The highest BCUT2D eigenvalue weighted by Crippen LogP contribution is 2.17. The van der Waals surface area contributed by atoms with Crippen LogP contribution in [-0.2, 0) is 6.42 Å². The number of rotatable bonds is 6. The van der Waals surface area contributed by atoms with Crippen molar-refractivity contribution in [2.24, 2.45) is 0 Å². The van der Waals surface area contributed by atoms with E-state index < -0.39 is 11.0 Å². The van der Waals surface area contributed by atoms with Gasteiger partial charge < -0.3 is 10.1 Å². The highest BCUT2D eigenvalue weighted by Gasteiger charge is 2.13. The van der Waals surface area contributed by atoms with Gasteiger partial charge in [0.1, 0.15) is 5.75 Å². The van der Waals surface area contributed by atoms with Crippen LogP contribution in [0.25, 0.3) is 0 Å². The maximum atomic E-state index is 11.9. The van der Waals surface area contributed by atoms with Crippen LogP contribution in [0.1, 0.15) is 18.9 Å². The minimum Gasteiger partial charge on any atom is -0.410 e. The molecule has 1 N–H and O–H groups in total. The van der Waals surface area contributed by atoms with Gasteiger partial charge in [0, 0.05) is 18.2 Å². The second kappa shape index (κ2) is 7.56. The number of nitro groups is 1. The van der Waals surface area contributed by atoms with Crippen LogP contribution in [-0.4, -0.2) is 17.1 Å². The normalized spacial score (nSPS) is 11.7. The molecule has 2 aromatic rings. The lowest BCUT2D eigenvalue weighted by molar-refractivity contribution is -0.384. The molecule has 0 aliphatic rings. The lowest BCUT2D eigenvalue weighted by atomic mass is 10.1. The number of amides is 1. The van der Waals surface area contributed by atoms with E-state index in [1.165, 1.54) is 29.8 Å². The van der Waals surface area contributed by atoms with Gasteiger partial charge in [0.15, 0.2) is 0 Å². The molecule has 1 aromatic heterocycles. The first-order chi connectivity index (χ1) is 10.6. The molecule has 1 atom stereocenters. The maximum Gasteiger partial charge on any atom is 0.412 e. The standard InChI is InChI=1S/C15H16N2O4S/c1-2-12(9-11-7-8-22-10-11)16-15(18)21-14-5-3-13(4-6-14)17(19)20/h3-8,10,12H,2,9H2,1H3,(H,16,18). The van der Waals surface area contributed by atoms with E-state index >= 15 is 0 Å². The molecule has 6 nitrogen and oxygen atoms in total. The summed E-state index contributed by atoms with van der Waals surface area (Å²) >= 11 is 1.62. The summed E-state index contributed by atoms with van der Waals surface area (Å²) in [5.74, 6) is 0.272. The second-order valence-corrected chi connectivity index (χ2v) is 5.51. The lowest BCUT2D eigenvalue weighted by Gasteiger charge is -2.16. The van der Waals surface area contributed by atoms with Crippen molar-refractivity contribution >= 4 is 23.1 Å². The summed E-state index contributed by atoms with van der Waals surface area (Å²) in [7, 11) is 0. The molecule has 116 valence electrons. The SMILES string of the molecule is CCC(Cc1ccsc1)NC(=O)Oc1ccc([N+](=O)[O-])cc1. The molecule has 1 heterocycles. The van der Waals surface area contributed by atoms with Crippen LogP contribution in [0.4, 0.5) is 10.5 Å². The smallest absolute Gasteiger partial charge is 0.410 e. The van der Waals surface area contributed by atoms with Gasteiger partial charge >= 0.3 is 6.09 Å². The van der Waals surface area contributed by atoms with E-state index in [9.17, 15) is 14.9 Å². The fraction of sp³-hybridized carbons (Fsp3) is 0.267. The quantitative estimate of drug-likeness (QED) is 0.649. The predicted octanol–water partition coefficient (Wildman–Crippen LogP) is 3.77. The van der Waals surface area contributed by atoms with E-state index in [1.54, 1.807) is 11.3 Å². The molecule has 0 bridgehead atoms. The summed E-state index contributed by atoms with van der Waals surface area (Å²) in [5, 5.41) is 17.4. The Labute approximate surface area is 131 Å². The van der Waals surface area contributed by atoms with Crippen LogP contribution in [0.15, 0.2) is 41.1 Å². The third-order valence-corrected chi connectivity index (χ3v) is 3.87. The Kier molecular flexibility index (Phi) is 5.48. The second-order valence-electron chi connectivity index (χ2n) is 4.73. The molecule has 22 heavy (non-hydrogen) atoms. The summed E-state index contributed by atoms with van der Waals surface area (Å²) < 4.78 is 5.13. The first kappa shape index (κ1) is 16.0. The summed E-state index contributed by atoms with van der Waals surface area (Å²) in [6, 6.07) is 7.41. The number of thiophene rings is 1. The Bertz CT molecular complexity index is 626. The van der Waals surface area contributed by atoms with Crippen molar-refractivity contribution in [3.8, 4) is 5.75 Å². The molecule has 1 aromatic carbocycles. The average Bonchev–Trinajstić information content (AvgIpc) is 3.00. The van der Waals surface area contributed by atoms with Gasteiger partial charge in [-0.1, -0.05) is 6.92 Å². The van der Waals surface area contributed by atoms with Crippen LogP contribution >= 0.6 is 11.3 Å². The van der Waals surface area contributed by atoms with Gasteiger partial charge in [-0.25, -0.2) is 4.79 Å². The van der Waals surface area contributed by atoms with Gasteiger partial charge in [0.25, 0.3) is 5.69 Å². The Morgan fingerprint density at radius 1 is 1.36 bits per heavy atom. The number of benzene rings is 1. The maximum absolute atomic E-state index is 11.9. The zero-order valence-electron chi connectivity index (χ0n) is 12.0. The number of hydrogen-bond donors (Lipinski definition) is 1. The predicted molar refractivity (Wildman–Crippen MR) is 84.4 cm³/mol. The fourth-order valence-corrected chi connectivity index (χ4v) is 2.61. The molecule has 0 aliphatic carbocycles. The largest absolute Gasteiger partial charge is 0.412 e. The third-order valence-electron chi connectivity index (χ3n) is 3.14. The third kappa shape index (κ3) is 4.56. The number of nitrogens with one attached hydrogen (secondary N) is 1. The summed E-state index contributed by atoms with van der Waals surface area (Å²) in [5.41, 5.74) is 1.13. The van der Waals surface area contributed by atoms with E-state index in [0.29, 0.717) is 0 Å². The number of nitrogens with zero attached hydrogens (tertiary/aromatic N) is 1. The van der Waals surface area contributed by atoms with Crippen LogP contribution in [0, 0.1) is 10.1 Å². The van der Waals surface area contributed by atoms with Crippen molar-refractivity contribution in [3.63, 3.8) is 0 Å². The number of hydrogen-bond acceptors (Lipinski definition) is 5. The zero-order chi connectivity index (χ0) is 15.9. The van der Waals surface area contributed by atoms with Crippen molar-refractivity contribution in [2.45, 2.75) is 25.8 Å². The molecule has 0 fully saturated rings. The van der Waals surface area contributed by atoms with Crippen molar-refractivity contribution in [2.75, 3.05) is 0 Å². The molecular weight excluding hydrogens is 304 g/mol. The summed E-state index contributed by atoms with van der Waals surface area (Å²) in [6.45, 7) is 1.99. The van der Waals surface area contributed by atoms with Crippen molar-refractivity contribution in [1.82, 2.24) is 5.32 Å². The van der Waals surface area contributed by atoms with Gasteiger partial charge in [-0.3, -0.25) is 10.1 Å². The Balaban J connectivity index is 1.89. The molecule has 1 unspecified atom stereocenters. The molecular formula is C15H16N2O4S. The lowest BCUT2D eigenvalue weighted by Crippen LogP contribution is -2.37. The van der Waals surface area contributed by atoms with Crippen LogP contribution < -0.4 is 10.1 Å². The summed E-state index contributed by atoms with van der Waals surface area (Å²) in [6.07, 6.45) is 0.969. The summed E-state index contributed by atoms with van der Waals surface area (Å²) in [4.78, 5) is 21.9. The fourth-order valence-electron chi connectivity index (χ4n) is 1.93. The van der Waals surface area contributed by atoms with Crippen LogP contribution in [0.2, 0.25) is 0 Å². The van der Waals surface area contributed by atoms with Crippen LogP contribution in [0.3, 0.4) is 0 Å². The molecule has 0 spiro atoms. The monoisotopic (exact) mass is 320 g/mol. The molecule has 7 heteroatoms. The minimum absolute atomic E-state index is 0.0138. The van der Waals surface area contributed by atoms with E-state index in [4.69, 9.17) is 4.74 Å². The van der Waals surface area contributed by atoms with Crippen molar-refractivity contribution in [3.05, 3.63) is 56.8 Å². The molecule has 0 radical (unpaired) electrons. The molecule has 1 amide bonds. The van der Waals surface area contributed by atoms with E-state index in [-0.39, 0.29) is 17.5 Å². The number of ether oxygens (including phenoxy) is 1. The molecule has 0 aliphatic heterocycles. The first-order valence-electron chi connectivity index (χ1n) is 6.82. The molecule has 0 saturated heterocycles. The minimum atomic E-state index is -0.559. The van der Waals surface area contributed by atoms with E-state index in [1.807, 2.05) is 23.8 Å². The van der Waals surface area contributed by atoms with Crippen LogP contribution in [0.5, 0.6) is 5.75 Å². The number of nitro benzene ring substituents is 1. The first-order valence-corrected chi connectivity index (χ1v) is 7.76.